The first-order valence-corrected chi connectivity index (χ1v) is 6.30. The van der Waals surface area contributed by atoms with Gasteiger partial charge in [-0.15, -0.1) is 0 Å². The number of aromatic amines is 1. The molecule has 0 aliphatic rings. The van der Waals surface area contributed by atoms with Gasteiger partial charge in [0.1, 0.15) is 16.1 Å². The molecule has 92 valence electrons. The number of imidazole rings is 2. The summed E-state index contributed by atoms with van der Waals surface area (Å²) in [7, 11) is 2.01. The Bertz CT molecular complexity index is 740. The topological polar surface area (TPSA) is 72.5 Å². The zero-order chi connectivity index (χ0) is 12.9. The van der Waals surface area contributed by atoms with Crippen molar-refractivity contribution in [3.8, 4) is 11.3 Å². The Balaban J connectivity index is 2.22. The molecular weight excluding hydrogens is 294 g/mol. The molecule has 0 aliphatic carbocycles. The van der Waals surface area contributed by atoms with Crippen LogP contribution in [0.2, 0.25) is 0 Å². The van der Waals surface area contributed by atoms with Crippen LogP contribution in [0.4, 0.5) is 5.95 Å². The standard InChI is InChI=1S/C12H12BrN5/c1-6-15-8-5-7(3-4-9(8)18(6)2)10-11(13)17-12(14)16-10/h3-5H,1-2H3,(H3,14,16,17). The number of hydrogen-bond acceptors (Lipinski definition) is 3. The van der Waals surface area contributed by atoms with Crippen LogP contribution >= 0.6 is 15.9 Å². The molecular formula is C12H12BrN5. The number of fused-ring (bicyclic) bond motifs is 1. The number of nitrogens with zero attached hydrogens (tertiary/aromatic N) is 3. The molecule has 1 aromatic carbocycles. The second-order valence-corrected chi connectivity index (χ2v) is 5.00. The van der Waals surface area contributed by atoms with Gasteiger partial charge in [0, 0.05) is 12.6 Å². The maximum Gasteiger partial charge on any atom is 0.198 e. The van der Waals surface area contributed by atoms with Gasteiger partial charge in [0.2, 0.25) is 0 Å². The molecule has 18 heavy (non-hydrogen) atoms. The predicted octanol–water partition coefficient (Wildman–Crippen LogP) is 2.62. The largest absolute Gasteiger partial charge is 0.369 e. The summed E-state index contributed by atoms with van der Waals surface area (Å²) in [6, 6.07) is 6.08. The van der Waals surface area contributed by atoms with E-state index in [0.717, 1.165) is 32.7 Å². The minimum atomic E-state index is 0.397. The highest BCUT2D eigenvalue weighted by Crippen LogP contribution is 2.29. The molecule has 0 saturated heterocycles. The Labute approximate surface area is 112 Å². The minimum Gasteiger partial charge on any atom is -0.369 e. The molecule has 0 radical (unpaired) electrons. The summed E-state index contributed by atoms with van der Waals surface area (Å²) >= 11 is 3.41. The average Bonchev–Trinajstić information content (AvgIpc) is 2.80. The van der Waals surface area contributed by atoms with Crippen molar-refractivity contribution in [2.45, 2.75) is 6.92 Å². The van der Waals surface area contributed by atoms with Crippen LogP contribution in [0.5, 0.6) is 0 Å². The lowest BCUT2D eigenvalue weighted by Crippen LogP contribution is -1.89. The van der Waals surface area contributed by atoms with Gasteiger partial charge in [-0.05, 0) is 35.0 Å². The van der Waals surface area contributed by atoms with Crippen molar-refractivity contribution in [2.75, 3.05) is 5.73 Å². The van der Waals surface area contributed by atoms with Gasteiger partial charge in [-0.25, -0.2) is 9.97 Å². The highest BCUT2D eigenvalue weighted by molar-refractivity contribution is 9.10. The number of benzene rings is 1. The van der Waals surface area contributed by atoms with E-state index in [2.05, 4.69) is 35.4 Å². The molecule has 2 aromatic heterocycles. The summed E-state index contributed by atoms with van der Waals surface area (Å²) in [5.41, 5.74) is 9.50. The number of nitrogens with two attached hydrogens (primary N) is 1. The summed E-state index contributed by atoms with van der Waals surface area (Å²) in [6.07, 6.45) is 0. The summed E-state index contributed by atoms with van der Waals surface area (Å²) < 4.78 is 2.85. The quantitative estimate of drug-likeness (QED) is 0.726. The van der Waals surface area contributed by atoms with Gasteiger partial charge >= 0.3 is 0 Å². The maximum atomic E-state index is 5.64. The highest BCUT2D eigenvalue weighted by Gasteiger charge is 2.11. The Morgan fingerprint density at radius 2 is 2.11 bits per heavy atom. The maximum absolute atomic E-state index is 5.64. The van der Waals surface area contributed by atoms with Crippen LogP contribution in [-0.2, 0) is 7.05 Å². The number of nitrogen functional groups attached to an aromatic ring is 1. The number of nitrogens with one attached hydrogen (secondary N) is 1. The van der Waals surface area contributed by atoms with Crippen LogP contribution in [0, 0.1) is 6.92 Å². The molecule has 0 atom stereocenters. The van der Waals surface area contributed by atoms with Crippen LogP contribution in [-0.4, -0.2) is 19.5 Å². The van der Waals surface area contributed by atoms with E-state index in [0.29, 0.717) is 5.95 Å². The van der Waals surface area contributed by atoms with Crippen LogP contribution in [0.15, 0.2) is 22.8 Å². The molecule has 6 heteroatoms. The Morgan fingerprint density at radius 1 is 1.33 bits per heavy atom. The van der Waals surface area contributed by atoms with E-state index in [4.69, 9.17) is 5.73 Å². The Morgan fingerprint density at radius 3 is 2.78 bits per heavy atom. The van der Waals surface area contributed by atoms with E-state index in [1.54, 1.807) is 0 Å². The van der Waals surface area contributed by atoms with Crippen molar-refractivity contribution in [1.82, 2.24) is 19.5 Å². The third-order valence-electron chi connectivity index (χ3n) is 3.06. The Hall–Kier alpha value is -1.82. The van der Waals surface area contributed by atoms with E-state index in [9.17, 15) is 0 Å². The van der Waals surface area contributed by atoms with Crippen LogP contribution < -0.4 is 5.73 Å². The predicted molar refractivity (Wildman–Crippen MR) is 75.1 cm³/mol. The number of rotatable bonds is 1. The molecule has 3 N–H and O–H groups in total. The normalized spacial score (nSPS) is 11.3. The van der Waals surface area contributed by atoms with Gasteiger partial charge in [-0.2, -0.15) is 0 Å². The minimum absolute atomic E-state index is 0.397. The van der Waals surface area contributed by atoms with Crippen LogP contribution in [0.3, 0.4) is 0 Å². The molecule has 0 saturated carbocycles. The first-order chi connectivity index (χ1) is 8.56. The number of H-pyrrole nitrogens is 1. The number of aryl methyl sites for hydroxylation is 2. The molecule has 0 bridgehead atoms. The summed E-state index contributed by atoms with van der Waals surface area (Å²) in [5, 5.41) is 0. The molecule has 3 aromatic rings. The zero-order valence-electron chi connectivity index (χ0n) is 10.0. The van der Waals surface area contributed by atoms with Crippen molar-refractivity contribution >= 4 is 32.9 Å². The van der Waals surface area contributed by atoms with Gasteiger partial charge in [-0.3, -0.25) is 0 Å². The Kier molecular flexibility index (Phi) is 2.41. The van der Waals surface area contributed by atoms with E-state index < -0.39 is 0 Å². The van der Waals surface area contributed by atoms with Gasteiger partial charge in [0.25, 0.3) is 0 Å². The lowest BCUT2D eigenvalue weighted by Gasteiger charge is -1.99. The van der Waals surface area contributed by atoms with E-state index in [1.165, 1.54) is 0 Å². The first-order valence-electron chi connectivity index (χ1n) is 5.50. The number of aromatic nitrogens is 4. The average molecular weight is 306 g/mol. The second kappa shape index (κ2) is 3.84. The fourth-order valence-electron chi connectivity index (χ4n) is 2.03. The lowest BCUT2D eigenvalue weighted by molar-refractivity contribution is 0.886. The smallest absolute Gasteiger partial charge is 0.198 e. The molecule has 0 amide bonds. The van der Waals surface area contributed by atoms with Gasteiger partial charge in [-0.1, -0.05) is 6.07 Å². The monoisotopic (exact) mass is 305 g/mol. The molecule has 2 heterocycles. The van der Waals surface area contributed by atoms with Crippen molar-refractivity contribution < 1.29 is 0 Å². The van der Waals surface area contributed by atoms with Gasteiger partial charge in [0.15, 0.2) is 5.95 Å². The summed E-state index contributed by atoms with van der Waals surface area (Å²) in [6.45, 7) is 1.99. The summed E-state index contributed by atoms with van der Waals surface area (Å²) in [5.74, 6) is 1.39. The highest BCUT2D eigenvalue weighted by atomic mass is 79.9. The number of anilines is 1. The molecule has 0 spiro atoms. The second-order valence-electron chi connectivity index (χ2n) is 4.21. The van der Waals surface area contributed by atoms with E-state index in [-0.39, 0.29) is 0 Å². The zero-order valence-corrected chi connectivity index (χ0v) is 11.6. The molecule has 5 nitrogen and oxygen atoms in total. The van der Waals surface area contributed by atoms with E-state index >= 15 is 0 Å². The van der Waals surface area contributed by atoms with Crippen molar-refractivity contribution in [3.63, 3.8) is 0 Å². The molecule has 0 fully saturated rings. The first kappa shape index (κ1) is 11.3. The third-order valence-corrected chi connectivity index (χ3v) is 3.63. The third kappa shape index (κ3) is 1.60. The van der Waals surface area contributed by atoms with Crippen molar-refractivity contribution in [2.24, 2.45) is 7.05 Å². The fourth-order valence-corrected chi connectivity index (χ4v) is 2.55. The van der Waals surface area contributed by atoms with E-state index in [1.807, 2.05) is 32.2 Å². The van der Waals surface area contributed by atoms with Crippen LogP contribution in [0.1, 0.15) is 5.82 Å². The van der Waals surface area contributed by atoms with Gasteiger partial charge in [0.05, 0.1) is 11.0 Å². The number of halogens is 1. The fraction of sp³-hybridized carbons (Fsp3) is 0.167. The van der Waals surface area contributed by atoms with Crippen molar-refractivity contribution in [3.05, 3.63) is 28.6 Å². The lowest BCUT2D eigenvalue weighted by atomic mass is 10.1. The summed E-state index contributed by atoms with van der Waals surface area (Å²) in [4.78, 5) is 11.7. The van der Waals surface area contributed by atoms with Crippen molar-refractivity contribution in [1.29, 1.82) is 0 Å². The molecule has 0 aliphatic heterocycles. The van der Waals surface area contributed by atoms with Crippen LogP contribution in [0.25, 0.3) is 22.3 Å². The van der Waals surface area contributed by atoms with Gasteiger partial charge < -0.3 is 15.3 Å². The molecule has 0 unspecified atom stereocenters. The SMILES string of the molecule is Cc1nc2cc(-c3nc(N)[nH]c3Br)ccc2n1C. The molecule has 3 rings (SSSR count). The number of hydrogen-bond donors (Lipinski definition) is 2.